The number of hydrogen-bond acceptors (Lipinski definition) is 18. The van der Waals surface area contributed by atoms with Crippen LogP contribution < -0.4 is 21.3 Å². The highest BCUT2D eigenvalue weighted by Crippen LogP contribution is 2.63. The van der Waals surface area contributed by atoms with E-state index >= 15 is 0 Å². The van der Waals surface area contributed by atoms with E-state index in [0.29, 0.717) is 39.0 Å². The van der Waals surface area contributed by atoms with Gasteiger partial charge in [0.05, 0.1) is 12.1 Å². The lowest BCUT2D eigenvalue weighted by Gasteiger charge is -2.35. The number of aliphatic hydroxyl groups is 2. The number of nitrogens with one attached hydrogen (secondary N) is 4. The number of amides is 4. The molecule has 2 spiro atoms. The minimum Gasteiger partial charge on any atom is -0.420 e. The van der Waals surface area contributed by atoms with Crippen molar-refractivity contribution in [3.05, 3.63) is 23.6 Å². The second-order valence-corrected chi connectivity index (χ2v) is 16.0. The summed E-state index contributed by atoms with van der Waals surface area (Å²) in [5.74, 6) is 0.310. The molecule has 4 aliphatic heterocycles. The van der Waals surface area contributed by atoms with Crippen molar-refractivity contribution in [2.24, 2.45) is 10.8 Å². The van der Waals surface area contributed by atoms with Gasteiger partial charge in [-0.05, 0) is 63.5 Å². The molecule has 6 heterocycles. The molecule has 4 saturated heterocycles. The number of piperidine rings is 2. The van der Waals surface area contributed by atoms with Gasteiger partial charge in [0.2, 0.25) is 23.6 Å². The van der Waals surface area contributed by atoms with Gasteiger partial charge in [-0.3, -0.25) is 0 Å². The first kappa shape index (κ1) is 36.4. The van der Waals surface area contributed by atoms with Gasteiger partial charge in [-0.25, -0.2) is 9.59 Å². The van der Waals surface area contributed by atoms with Crippen molar-refractivity contribution in [3.8, 4) is 0 Å². The van der Waals surface area contributed by atoms with Crippen LogP contribution in [0.15, 0.2) is 8.83 Å². The molecule has 2 saturated carbocycles. The van der Waals surface area contributed by atoms with Gasteiger partial charge in [0.15, 0.2) is 0 Å². The maximum absolute atomic E-state index is 13.8. The normalized spacial score (nSPS) is 27.8. The zero-order chi connectivity index (χ0) is 37.1. The second-order valence-electron chi connectivity index (χ2n) is 14.9. The Labute approximate surface area is 305 Å². The van der Waals surface area contributed by atoms with Crippen molar-refractivity contribution < 1.29 is 45.6 Å². The Bertz CT molecular complexity index is 1670. The molecule has 0 unspecified atom stereocenters. The third kappa shape index (κ3) is 6.75. The molecule has 4 bridgehead atoms. The van der Waals surface area contributed by atoms with Crippen LogP contribution in [0.25, 0.3) is 0 Å². The average Bonchev–Trinajstić information content (AvgIpc) is 3.82. The summed E-state index contributed by atoms with van der Waals surface area (Å²) >= 11 is 0. The highest BCUT2D eigenvalue weighted by atomic mass is 32.3. The summed E-state index contributed by atoms with van der Waals surface area (Å²) in [4.78, 5) is 30.4. The van der Waals surface area contributed by atoms with Crippen LogP contribution in [0.2, 0.25) is 0 Å². The molecular weight excluding hydrogens is 720 g/mol. The van der Waals surface area contributed by atoms with Crippen LogP contribution in [0.3, 0.4) is 0 Å². The molecule has 0 aromatic carbocycles. The first-order valence-electron chi connectivity index (χ1n) is 18.1. The number of fused-ring (bicyclic) bond motifs is 6. The first-order valence-corrected chi connectivity index (χ1v) is 19.4. The Morgan fingerprint density at radius 1 is 0.736 bits per heavy atom. The number of aromatic nitrogens is 4. The zero-order valence-electron chi connectivity index (χ0n) is 29.5. The standard InChI is InChI=1S/C30H46N12O10S/c1-31-7-9-33-13-19(43)25-37-35-23(49-25)17-11-29(3-4-29)21-15-39(17)27(45)41(21)51-53(47,48)52-42-22-16-40(28(42)46)18(12-30(22)5-6-30)24-36-38-26(50-24)20(44)14-34-10-8-32-2/h17-22,31-34,43-44H,3-16H2,1-2H3/t17-,18-,19+,20+,21-,22-/m0/s1. The van der Waals surface area contributed by atoms with Gasteiger partial charge >= 0.3 is 22.5 Å². The number of carbonyl (C=O) groups is 2. The molecule has 6 aliphatic rings. The van der Waals surface area contributed by atoms with E-state index in [4.69, 9.17) is 17.4 Å². The lowest BCUT2D eigenvalue weighted by molar-refractivity contribution is -0.101. The Morgan fingerprint density at radius 3 is 1.53 bits per heavy atom. The summed E-state index contributed by atoms with van der Waals surface area (Å²) in [7, 11) is -1.33. The molecule has 6 fully saturated rings. The van der Waals surface area contributed by atoms with Crippen LogP contribution in [0.5, 0.6) is 0 Å². The fraction of sp³-hybridized carbons (Fsp3) is 0.800. The van der Waals surface area contributed by atoms with Gasteiger partial charge < -0.3 is 50.1 Å². The molecule has 8 rings (SSSR count). The molecule has 4 amide bonds. The van der Waals surface area contributed by atoms with Crippen molar-refractivity contribution in [2.45, 2.75) is 74.9 Å². The lowest BCUT2D eigenvalue weighted by Crippen LogP contribution is -2.45. The minimum absolute atomic E-state index is 0.0109. The smallest absolute Gasteiger partial charge is 0.420 e. The molecular formula is C30H46N12O10S. The highest BCUT2D eigenvalue weighted by Gasteiger charge is 2.67. The molecule has 6 atom stereocenters. The summed E-state index contributed by atoms with van der Waals surface area (Å²) in [5, 5.41) is 51.2. The Hall–Kier alpha value is -3.55. The third-order valence-electron chi connectivity index (χ3n) is 11.5. The summed E-state index contributed by atoms with van der Waals surface area (Å²) in [5.41, 5.74) is -0.887. The van der Waals surface area contributed by atoms with E-state index in [-0.39, 0.29) is 49.7 Å². The van der Waals surface area contributed by atoms with Crippen molar-refractivity contribution in [1.29, 1.82) is 0 Å². The van der Waals surface area contributed by atoms with E-state index in [1.807, 2.05) is 14.1 Å². The van der Waals surface area contributed by atoms with Crippen LogP contribution in [0.1, 0.15) is 86.4 Å². The van der Waals surface area contributed by atoms with Crippen molar-refractivity contribution in [1.82, 2.24) is 61.6 Å². The molecule has 2 aliphatic carbocycles. The molecule has 2 aromatic rings. The number of urea groups is 2. The van der Waals surface area contributed by atoms with Crippen LogP contribution in [0, 0.1) is 10.8 Å². The number of carbonyl (C=O) groups excluding carboxylic acids is 2. The Kier molecular flexibility index (Phi) is 9.58. The Balaban J connectivity index is 0.931. The molecule has 6 N–H and O–H groups in total. The van der Waals surface area contributed by atoms with Crippen LogP contribution in [-0.2, 0) is 19.0 Å². The SMILES string of the molecule is CNCCNC[C@@H](O)c1nnc([C@@H]2CC3(CC3)[C@@H]3CN2C(=O)N3OS(=O)(=O)ON2C(=O)N3C[C@H]2C2(CC2)C[C@H]3c2nnc([C@H](O)CNCCNC)o2)o1. The Morgan fingerprint density at radius 2 is 1.15 bits per heavy atom. The molecule has 53 heavy (non-hydrogen) atoms. The summed E-state index contributed by atoms with van der Waals surface area (Å²) < 4.78 is 49.6. The number of hydrogen-bond donors (Lipinski definition) is 6. The summed E-state index contributed by atoms with van der Waals surface area (Å²) in [6.45, 7) is 3.37. The predicted octanol–water partition coefficient (Wildman–Crippen LogP) is -1.39. The maximum Gasteiger partial charge on any atom is 0.442 e. The van der Waals surface area contributed by atoms with Gasteiger partial charge in [0.1, 0.15) is 24.3 Å². The maximum atomic E-state index is 13.8. The first-order chi connectivity index (χ1) is 25.5. The quantitative estimate of drug-likeness (QED) is 0.0954. The fourth-order valence-electron chi connectivity index (χ4n) is 8.19. The van der Waals surface area contributed by atoms with E-state index in [1.54, 1.807) is 0 Å². The van der Waals surface area contributed by atoms with Crippen LogP contribution >= 0.6 is 0 Å². The molecule has 23 heteroatoms. The van der Waals surface area contributed by atoms with Gasteiger partial charge in [-0.15, -0.1) is 29.0 Å². The summed E-state index contributed by atoms with van der Waals surface area (Å²) in [6, 6.07) is -3.92. The monoisotopic (exact) mass is 766 g/mol. The number of nitrogens with zero attached hydrogens (tertiary/aromatic N) is 8. The van der Waals surface area contributed by atoms with Crippen molar-refractivity contribution >= 4 is 22.5 Å². The van der Waals surface area contributed by atoms with Crippen LogP contribution in [-0.4, -0.2) is 150 Å². The molecule has 292 valence electrons. The van der Waals surface area contributed by atoms with Crippen molar-refractivity contribution in [2.75, 3.05) is 66.5 Å². The van der Waals surface area contributed by atoms with E-state index < -0.39 is 69.7 Å². The zero-order valence-corrected chi connectivity index (χ0v) is 30.3. The average molecular weight is 767 g/mol. The number of hydroxylamine groups is 4. The van der Waals surface area contributed by atoms with E-state index in [9.17, 15) is 28.2 Å². The van der Waals surface area contributed by atoms with Gasteiger partial charge in [-0.2, -0.15) is 18.5 Å². The summed E-state index contributed by atoms with van der Waals surface area (Å²) in [6.07, 6.45) is 1.67. The largest absolute Gasteiger partial charge is 0.442 e. The fourth-order valence-corrected chi connectivity index (χ4v) is 8.95. The number of aliphatic hydroxyl groups excluding tert-OH is 2. The topological polar surface area (TPSA) is 266 Å². The second kappa shape index (κ2) is 13.9. The number of rotatable bonds is 18. The lowest BCUT2D eigenvalue weighted by atomic mass is 9.85. The molecule has 2 aromatic heterocycles. The number of likely N-dealkylation sites (N-methyl/N-ethyl adjacent to an activating group) is 2. The van der Waals surface area contributed by atoms with Crippen LogP contribution in [0.4, 0.5) is 9.59 Å². The van der Waals surface area contributed by atoms with E-state index in [2.05, 4.69) is 41.7 Å². The highest BCUT2D eigenvalue weighted by molar-refractivity contribution is 7.81. The minimum atomic E-state index is -4.98. The van der Waals surface area contributed by atoms with E-state index in [1.165, 1.54) is 9.80 Å². The van der Waals surface area contributed by atoms with E-state index in [0.717, 1.165) is 35.8 Å². The predicted molar refractivity (Wildman–Crippen MR) is 177 cm³/mol. The molecule has 22 nitrogen and oxygen atoms in total. The van der Waals surface area contributed by atoms with Gasteiger partial charge in [0, 0.05) is 52.4 Å². The van der Waals surface area contributed by atoms with Crippen molar-refractivity contribution in [3.63, 3.8) is 0 Å². The molecule has 0 radical (unpaired) electrons. The van der Waals surface area contributed by atoms with Gasteiger partial charge in [0.25, 0.3) is 0 Å². The van der Waals surface area contributed by atoms with Gasteiger partial charge in [-0.1, -0.05) is 0 Å². The third-order valence-corrected chi connectivity index (χ3v) is 12.2.